The summed E-state index contributed by atoms with van der Waals surface area (Å²) in [6, 6.07) is -0.162. The van der Waals surface area contributed by atoms with E-state index in [1.54, 1.807) is 0 Å². The number of anilines is 1. The Balaban J connectivity index is 1.54. The minimum Gasteiger partial charge on any atom is -0.338 e. The second kappa shape index (κ2) is 7.81. The monoisotopic (exact) mass is 319 g/mol. The van der Waals surface area contributed by atoms with E-state index in [-0.39, 0.29) is 6.03 Å². The summed E-state index contributed by atoms with van der Waals surface area (Å²) in [5.41, 5.74) is 1.21. The van der Waals surface area contributed by atoms with Gasteiger partial charge in [0.15, 0.2) is 0 Å². The van der Waals surface area contributed by atoms with Crippen molar-refractivity contribution < 1.29 is 4.79 Å². The average molecular weight is 319 g/mol. The van der Waals surface area contributed by atoms with Crippen LogP contribution in [-0.4, -0.2) is 40.1 Å². The average Bonchev–Trinajstić information content (AvgIpc) is 2.96. The van der Waals surface area contributed by atoms with Crippen LogP contribution in [0.2, 0.25) is 0 Å². The largest absolute Gasteiger partial charge is 0.338 e. The fourth-order valence-electron chi connectivity index (χ4n) is 3.71. The molecule has 23 heavy (non-hydrogen) atoms. The molecule has 2 aliphatic rings. The van der Waals surface area contributed by atoms with Crippen molar-refractivity contribution in [1.29, 1.82) is 0 Å². The molecule has 0 bridgehead atoms. The maximum atomic E-state index is 11.8. The molecular weight excluding hydrogens is 290 g/mol. The van der Waals surface area contributed by atoms with Crippen molar-refractivity contribution in [3.8, 4) is 0 Å². The second-order valence-corrected chi connectivity index (χ2v) is 6.84. The van der Waals surface area contributed by atoms with Crippen molar-refractivity contribution >= 4 is 12.0 Å². The topological polar surface area (TPSA) is 62.2 Å². The van der Waals surface area contributed by atoms with Crippen molar-refractivity contribution in [3.05, 3.63) is 11.9 Å². The number of urea groups is 1. The van der Waals surface area contributed by atoms with Crippen molar-refractivity contribution in [1.82, 2.24) is 19.8 Å². The molecule has 2 amide bonds. The molecule has 2 N–H and O–H groups in total. The zero-order chi connectivity index (χ0) is 16.1. The van der Waals surface area contributed by atoms with E-state index < -0.39 is 0 Å². The lowest BCUT2D eigenvalue weighted by molar-refractivity contribution is 0.168. The standard InChI is InChI=1S/C17H29N5O/c1-2-8-18-17(23)20-16-19-11-15-13-21(9-10-22(15)16)12-14-6-4-3-5-7-14/h11,14H,2-10,12-13H2,1H3,(H2,18,19,20,23). The highest BCUT2D eigenvalue weighted by Gasteiger charge is 2.23. The van der Waals surface area contributed by atoms with Crippen LogP contribution in [0.1, 0.15) is 51.1 Å². The van der Waals surface area contributed by atoms with E-state index in [0.29, 0.717) is 12.5 Å². The third-order valence-electron chi connectivity index (χ3n) is 4.97. The van der Waals surface area contributed by atoms with Gasteiger partial charge < -0.3 is 9.88 Å². The summed E-state index contributed by atoms with van der Waals surface area (Å²) >= 11 is 0. The van der Waals surface area contributed by atoms with E-state index in [2.05, 4.69) is 25.1 Å². The van der Waals surface area contributed by atoms with Gasteiger partial charge in [0.1, 0.15) is 0 Å². The molecule has 0 saturated heterocycles. The Hall–Kier alpha value is -1.56. The number of rotatable bonds is 5. The summed E-state index contributed by atoms with van der Waals surface area (Å²) in [6.07, 6.45) is 9.83. The van der Waals surface area contributed by atoms with Gasteiger partial charge in [0.05, 0.1) is 11.9 Å². The van der Waals surface area contributed by atoms with Crippen LogP contribution in [0.5, 0.6) is 0 Å². The van der Waals surface area contributed by atoms with E-state index in [0.717, 1.165) is 32.0 Å². The number of imidazole rings is 1. The van der Waals surface area contributed by atoms with Gasteiger partial charge in [-0.1, -0.05) is 26.2 Å². The number of aromatic nitrogens is 2. The van der Waals surface area contributed by atoms with Crippen LogP contribution in [0.3, 0.4) is 0 Å². The molecule has 0 aromatic carbocycles. The molecular formula is C17H29N5O. The molecule has 1 aromatic rings. The number of nitrogens with zero attached hydrogens (tertiary/aromatic N) is 3. The molecule has 0 spiro atoms. The van der Waals surface area contributed by atoms with Crippen molar-refractivity contribution in [2.75, 3.05) is 25.0 Å². The zero-order valence-electron chi connectivity index (χ0n) is 14.2. The summed E-state index contributed by atoms with van der Waals surface area (Å²) in [5, 5.41) is 5.69. The Bertz CT molecular complexity index is 521. The summed E-state index contributed by atoms with van der Waals surface area (Å²) in [6.45, 7) is 6.84. The lowest BCUT2D eigenvalue weighted by Crippen LogP contribution is -2.38. The molecule has 3 rings (SSSR count). The summed E-state index contributed by atoms with van der Waals surface area (Å²) in [5.74, 6) is 1.54. The molecule has 1 aromatic heterocycles. The number of hydrogen-bond donors (Lipinski definition) is 2. The molecule has 1 fully saturated rings. The molecule has 0 unspecified atom stereocenters. The van der Waals surface area contributed by atoms with Gasteiger partial charge in [0.2, 0.25) is 5.95 Å². The fourth-order valence-corrected chi connectivity index (χ4v) is 3.71. The number of nitrogens with one attached hydrogen (secondary N) is 2. The summed E-state index contributed by atoms with van der Waals surface area (Å²) in [4.78, 5) is 18.7. The van der Waals surface area contributed by atoms with Crippen molar-refractivity contribution in [2.24, 2.45) is 5.92 Å². The third-order valence-corrected chi connectivity index (χ3v) is 4.97. The summed E-state index contributed by atoms with van der Waals surface area (Å²) in [7, 11) is 0. The van der Waals surface area contributed by atoms with Crippen LogP contribution in [-0.2, 0) is 13.1 Å². The van der Waals surface area contributed by atoms with Crippen molar-refractivity contribution in [2.45, 2.75) is 58.5 Å². The molecule has 2 heterocycles. The molecule has 128 valence electrons. The van der Waals surface area contributed by atoms with Crippen LogP contribution < -0.4 is 10.6 Å². The number of carbonyl (C=O) groups is 1. The Kier molecular flexibility index (Phi) is 5.54. The lowest BCUT2D eigenvalue weighted by Gasteiger charge is -2.33. The van der Waals surface area contributed by atoms with Crippen LogP contribution in [0.25, 0.3) is 0 Å². The highest BCUT2D eigenvalue weighted by atomic mass is 16.2. The number of fused-ring (bicyclic) bond motifs is 1. The number of amides is 2. The highest BCUT2D eigenvalue weighted by molar-refractivity contribution is 5.87. The Morgan fingerprint density at radius 2 is 2.13 bits per heavy atom. The zero-order valence-corrected chi connectivity index (χ0v) is 14.2. The van der Waals surface area contributed by atoms with Crippen LogP contribution >= 0.6 is 0 Å². The minimum atomic E-state index is -0.162. The summed E-state index contributed by atoms with van der Waals surface area (Å²) < 4.78 is 2.14. The minimum absolute atomic E-state index is 0.162. The fraction of sp³-hybridized carbons (Fsp3) is 0.765. The van der Waals surface area contributed by atoms with E-state index in [1.165, 1.54) is 44.3 Å². The quantitative estimate of drug-likeness (QED) is 0.877. The van der Waals surface area contributed by atoms with Crippen molar-refractivity contribution in [3.63, 3.8) is 0 Å². The predicted octanol–water partition coefficient (Wildman–Crippen LogP) is 2.81. The molecule has 1 aliphatic carbocycles. The van der Waals surface area contributed by atoms with E-state index in [4.69, 9.17) is 0 Å². The first kappa shape index (κ1) is 16.3. The van der Waals surface area contributed by atoms with E-state index in [1.807, 2.05) is 13.1 Å². The number of carbonyl (C=O) groups excluding carboxylic acids is 1. The first-order valence-electron chi connectivity index (χ1n) is 9.08. The van der Waals surface area contributed by atoms with Crippen LogP contribution in [0.4, 0.5) is 10.7 Å². The second-order valence-electron chi connectivity index (χ2n) is 6.84. The van der Waals surface area contributed by atoms with Gasteiger partial charge in [0.25, 0.3) is 0 Å². The van der Waals surface area contributed by atoms with Gasteiger partial charge in [-0.3, -0.25) is 10.2 Å². The lowest BCUT2D eigenvalue weighted by atomic mass is 9.89. The van der Waals surface area contributed by atoms with Gasteiger partial charge in [-0.2, -0.15) is 0 Å². The number of hydrogen-bond acceptors (Lipinski definition) is 3. The van der Waals surface area contributed by atoms with Gasteiger partial charge in [-0.05, 0) is 25.2 Å². The maximum Gasteiger partial charge on any atom is 0.321 e. The van der Waals surface area contributed by atoms with Gasteiger partial charge >= 0.3 is 6.03 Å². The van der Waals surface area contributed by atoms with Gasteiger partial charge in [0, 0.05) is 32.7 Å². The predicted molar refractivity (Wildman–Crippen MR) is 91.4 cm³/mol. The molecule has 6 nitrogen and oxygen atoms in total. The first-order valence-corrected chi connectivity index (χ1v) is 9.08. The smallest absolute Gasteiger partial charge is 0.321 e. The molecule has 0 radical (unpaired) electrons. The van der Waals surface area contributed by atoms with Gasteiger partial charge in [-0.25, -0.2) is 9.78 Å². The van der Waals surface area contributed by atoms with Crippen LogP contribution in [0.15, 0.2) is 6.20 Å². The molecule has 1 aliphatic heterocycles. The Morgan fingerprint density at radius 3 is 2.91 bits per heavy atom. The highest BCUT2D eigenvalue weighted by Crippen LogP contribution is 2.26. The first-order chi connectivity index (χ1) is 11.3. The van der Waals surface area contributed by atoms with E-state index >= 15 is 0 Å². The molecule has 6 heteroatoms. The van der Waals surface area contributed by atoms with Crippen LogP contribution in [0, 0.1) is 5.92 Å². The normalized spacial score (nSPS) is 19.3. The third kappa shape index (κ3) is 4.25. The van der Waals surface area contributed by atoms with Gasteiger partial charge in [-0.15, -0.1) is 0 Å². The maximum absolute atomic E-state index is 11.8. The Labute approximate surface area is 138 Å². The Morgan fingerprint density at radius 1 is 1.30 bits per heavy atom. The molecule has 1 saturated carbocycles. The molecule has 0 atom stereocenters. The SMILES string of the molecule is CCCNC(=O)Nc1ncc2n1CCN(CC1CCCCC1)C2. The van der Waals surface area contributed by atoms with E-state index in [9.17, 15) is 4.79 Å².